The lowest BCUT2D eigenvalue weighted by Crippen LogP contribution is -2.58. The first kappa shape index (κ1) is 72.5. The van der Waals surface area contributed by atoms with E-state index in [-0.39, 0.29) is 110 Å². The van der Waals surface area contributed by atoms with Crippen molar-refractivity contribution in [3.8, 4) is 0 Å². The number of likely N-dealkylation sites (N-methyl/N-ethyl adjacent to an activating group) is 2. The first-order valence-electron chi connectivity index (χ1n) is 31.1. The van der Waals surface area contributed by atoms with Crippen LogP contribution in [-0.4, -0.2) is 160 Å². The minimum Gasteiger partial charge on any atom is -0.481 e. The molecule has 0 bridgehead atoms. The van der Waals surface area contributed by atoms with E-state index in [1.54, 1.807) is 80.4 Å². The van der Waals surface area contributed by atoms with Gasteiger partial charge in [0.15, 0.2) is 6.10 Å². The Hall–Kier alpha value is -8.26. The number of ether oxygens (including phenoxy) is 1. The van der Waals surface area contributed by atoms with E-state index in [2.05, 4.69) is 37.2 Å². The average Bonchev–Trinajstić information content (AvgIpc) is 2.17. The summed E-state index contributed by atoms with van der Waals surface area (Å²) < 4.78 is 6.12. The minimum atomic E-state index is -1.13. The van der Waals surface area contributed by atoms with Crippen molar-refractivity contribution in [2.24, 2.45) is 29.4 Å². The summed E-state index contributed by atoms with van der Waals surface area (Å²) in [6.45, 7) is 13.9. The van der Waals surface area contributed by atoms with Gasteiger partial charge in [-0.15, -0.1) is 11.3 Å². The molecule has 1 saturated heterocycles. The van der Waals surface area contributed by atoms with Crippen LogP contribution in [0.5, 0.6) is 0 Å². The Morgan fingerprint density at radius 3 is 2.09 bits per heavy atom. The topological polar surface area (TPSA) is 350 Å². The van der Waals surface area contributed by atoms with E-state index in [1.165, 1.54) is 24.5 Å². The Morgan fingerprint density at radius 2 is 1.47 bits per heavy atom. The lowest BCUT2D eigenvalue weighted by atomic mass is 9.92. The molecule has 0 unspecified atom stereocenters. The number of thiazole rings is 1. The van der Waals surface area contributed by atoms with Crippen molar-refractivity contribution in [2.45, 2.75) is 174 Å². The monoisotopic (exact) mass is 1270 g/mol. The van der Waals surface area contributed by atoms with Crippen LogP contribution >= 0.6 is 11.3 Å². The van der Waals surface area contributed by atoms with Crippen LogP contribution in [-0.2, 0) is 49.5 Å². The zero-order valence-corrected chi connectivity index (χ0v) is 54.0. The second kappa shape index (κ2) is 35.8. The van der Waals surface area contributed by atoms with E-state index in [9.17, 15) is 57.8 Å². The van der Waals surface area contributed by atoms with Crippen LogP contribution < -0.4 is 43.0 Å². The molecule has 3 aromatic rings. The zero-order chi connectivity index (χ0) is 66.2. The van der Waals surface area contributed by atoms with E-state index in [1.807, 2.05) is 39.6 Å². The fraction of sp³-hybridized carbons (Fsp3) is 0.562. The van der Waals surface area contributed by atoms with Crippen molar-refractivity contribution in [2.75, 3.05) is 44.4 Å². The fourth-order valence-electron chi connectivity index (χ4n) is 10.8. The normalized spacial score (nSPS) is 16.8. The Bertz CT molecular complexity index is 2960. The van der Waals surface area contributed by atoms with Gasteiger partial charge in [0.2, 0.25) is 29.5 Å². The maximum Gasteiger partial charge on any atom is 0.412 e. The highest BCUT2D eigenvalue weighted by Gasteiger charge is 2.38. The predicted molar refractivity (Wildman–Crippen MR) is 340 cm³/mol. The number of aromatic nitrogens is 1. The summed E-state index contributed by atoms with van der Waals surface area (Å²) in [6, 6.07) is 9.91. The molecule has 10 N–H and O–H groups in total. The second-order valence-corrected chi connectivity index (χ2v) is 25.0. The Labute approximate surface area is 531 Å². The molecule has 2 aliphatic rings. The first-order valence-corrected chi connectivity index (χ1v) is 32.0. The zero-order valence-electron chi connectivity index (χ0n) is 53.2. The molecule has 2 aliphatic heterocycles. The number of hydrogen-bond acceptors (Lipinski definition) is 15. The highest BCUT2D eigenvalue weighted by atomic mass is 32.1. The number of rotatable bonds is 35. The predicted octanol–water partition coefficient (Wildman–Crippen LogP) is 6.27. The summed E-state index contributed by atoms with van der Waals surface area (Å²) >= 11 is 1.08. The fourth-order valence-corrected chi connectivity index (χ4v) is 11.6. The molecule has 0 radical (unpaired) electrons. The van der Waals surface area contributed by atoms with Gasteiger partial charge in [-0.1, -0.05) is 98.1 Å². The molecule has 0 aliphatic carbocycles. The summed E-state index contributed by atoms with van der Waals surface area (Å²) in [4.78, 5) is 154. The number of aliphatic carboxylic acids is 1. The number of nitrogens with zero attached hydrogens (tertiary/aromatic N) is 4. The third-order valence-electron chi connectivity index (χ3n) is 16.4. The molecule has 9 atom stereocenters. The van der Waals surface area contributed by atoms with Gasteiger partial charge in [0.25, 0.3) is 17.7 Å². The summed E-state index contributed by atoms with van der Waals surface area (Å²) in [5, 5.41) is 31.4. The molecule has 5 rings (SSSR count). The highest BCUT2D eigenvalue weighted by Crippen LogP contribution is 2.32. The van der Waals surface area contributed by atoms with Crippen molar-refractivity contribution in [1.29, 1.82) is 0 Å². The second-order valence-electron chi connectivity index (χ2n) is 24.1. The number of urea groups is 1. The van der Waals surface area contributed by atoms with Crippen molar-refractivity contribution >= 4 is 88.1 Å². The lowest BCUT2D eigenvalue weighted by molar-refractivity contribution is -0.142. The Kier molecular flexibility index (Phi) is 28.8. The summed E-state index contributed by atoms with van der Waals surface area (Å²) in [5.41, 5.74) is 6.70. The molecule has 26 heteroatoms. The molecule has 1 fully saturated rings. The molecule has 3 heterocycles. The maximum atomic E-state index is 14.6. The lowest BCUT2D eigenvalue weighted by Gasteiger charge is -2.38. The van der Waals surface area contributed by atoms with Crippen LogP contribution in [0.2, 0.25) is 0 Å². The van der Waals surface area contributed by atoms with Crippen molar-refractivity contribution in [1.82, 2.24) is 46.3 Å². The average molecular weight is 1270 g/mol. The van der Waals surface area contributed by atoms with Gasteiger partial charge >= 0.3 is 18.1 Å². The number of carbonyl (C=O) groups is 11. The van der Waals surface area contributed by atoms with Crippen LogP contribution in [0.1, 0.15) is 153 Å². The smallest absolute Gasteiger partial charge is 0.412 e. The Morgan fingerprint density at radius 1 is 0.789 bits per heavy atom. The number of hydrogen-bond donors (Lipinski definition) is 9. The number of carboxylic acids is 1. The van der Waals surface area contributed by atoms with Crippen LogP contribution in [0.3, 0.4) is 0 Å². The van der Waals surface area contributed by atoms with Gasteiger partial charge in [-0.3, -0.25) is 58.3 Å². The van der Waals surface area contributed by atoms with E-state index in [0.29, 0.717) is 49.0 Å². The third kappa shape index (κ3) is 22.7. The van der Waals surface area contributed by atoms with Gasteiger partial charge in [-0.25, -0.2) is 14.6 Å². The standard InChI is InChI=1S/C64H92N12O13S/c1-10-40(6)55(73-58(82)48-23-16-18-32-74(48)8)61(84)75(9)49(38(2)3)36-50(89-64(88)69-43-20-13-11-14-21-43)60-71-47(37-90-60)57(81)68-45(34-41(7)62(85)86)35-42-25-27-44(28-26-42)67-56(80)46(22-19-31-66-63(65)87)70-59(83)54(39(4)5)72-51(77)24-15-12-17-33-76-52(78)29-30-53(76)79/h11,13-14,20-21,25-30,37-41,45-46,48-50,54-55H,10,12,15-19,22-24,31-36H2,1-9H3,(H,67,80)(H,68,81)(H,69,88)(H,70,83)(H,72,77)(H,73,82)(H,85,86)(H3,65,66,87)/t40-,41-,45+,46-,48+,49+,50+,54-,55-/m0/s1. The van der Waals surface area contributed by atoms with E-state index < -0.39 is 84.0 Å². The Balaban J connectivity index is 1.29. The number of carboxylic acid groups (broad SMARTS) is 1. The van der Waals surface area contributed by atoms with Gasteiger partial charge in [0, 0.05) is 74.0 Å². The largest absolute Gasteiger partial charge is 0.481 e. The van der Waals surface area contributed by atoms with E-state index in [0.717, 1.165) is 35.6 Å². The number of likely N-dealkylation sites (tertiary alicyclic amines) is 1. The number of nitrogens with two attached hydrogens (primary N) is 1. The molecule has 0 spiro atoms. The van der Waals surface area contributed by atoms with Gasteiger partial charge in [0.1, 0.15) is 28.8 Å². The molecule has 11 amide bonds. The molecular weight excluding hydrogens is 1180 g/mol. The summed E-state index contributed by atoms with van der Waals surface area (Å²) in [6.07, 6.45) is 5.87. The number of piperidine rings is 1. The van der Waals surface area contributed by atoms with Gasteiger partial charge < -0.3 is 52.4 Å². The number of primary amides is 1. The van der Waals surface area contributed by atoms with Crippen LogP contribution in [0, 0.1) is 23.7 Å². The SMILES string of the molecule is CC[C@H](C)[C@H](NC(=O)[C@H]1CCCCN1C)C(=O)N(C)[C@H](C[C@@H](OC(=O)Nc1ccccc1)c1nc(C(=O)N[C@@H](Cc2ccc(NC(=O)[C@H](CCCNC(N)=O)NC(=O)[C@@H](NC(=O)CCCCCN3C(=O)C=CC3=O)C(C)C)cc2)C[C@H](C)C(=O)O)cs1)C(C)C. The number of benzene rings is 2. The molecule has 1 aromatic heterocycles. The number of carbonyl (C=O) groups excluding carboxylic acids is 10. The third-order valence-corrected chi connectivity index (χ3v) is 17.3. The molecule has 25 nitrogen and oxygen atoms in total. The molecule has 492 valence electrons. The van der Waals surface area contributed by atoms with Crippen LogP contribution in [0.25, 0.3) is 0 Å². The van der Waals surface area contributed by atoms with Crippen molar-refractivity contribution in [3.05, 3.63) is 88.4 Å². The van der Waals surface area contributed by atoms with Gasteiger partial charge in [-0.2, -0.15) is 0 Å². The van der Waals surface area contributed by atoms with Crippen LogP contribution in [0.4, 0.5) is 21.0 Å². The quantitative estimate of drug-likeness (QED) is 0.0231. The van der Waals surface area contributed by atoms with Crippen molar-refractivity contribution in [3.63, 3.8) is 0 Å². The molecule has 90 heavy (non-hydrogen) atoms. The molecular formula is C64H92N12O13S. The number of unbranched alkanes of at least 4 members (excludes halogenated alkanes) is 2. The van der Waals surface area contributed by atoms with Gasteiger partial charge in [-0.05, 0) is 113 Å². The van der Waals surface area contributed by atoms with Gasteiger partial charge in [0.05, 0.1) is 12.0 Å². The van der Waals surface area contributed by atoms with Crippen molar-refractivity contribution < 1.29 is 62.6 Å². The number of nitrogens with one attached hydrogen (secondary N) is 7. The number of para-hydroxylation sites is 1. The minimum absolute atomic E-state index is 0.0148. The number of imide groups is 1. The van der Waals surface area contributed by atoms with Crippen LogP contribution in [0.15, 0.2) is 72.1 Å². The maximum absolute atomic E-state index is 14.6. The summed E-state index contributed by atoms with van der Waals surface area (Å²) in [7, 11) is 3.59. The highest BCUT2D eigenvalue weighted by molar-refractivity contribution is 7.09. The number of anilines is 2. The summed E-state index contributed by atoms with van der Waals surface area (Å²) in [5.74, 6) is -6.23. The van der Waals surface area contributed by atoms with E-state index in [4.69, 9.17) is 15.5 Å². The van der Waals surface area contributed by atoms with E-state index >= 15 is 0 Å². The molecule has 0 saturated carbocycles. The number of amides is 11. The first-order chi connectivity index (χ1) is 42.8. The molecule has 2 aromatic carbocycles.